The number of benzene rings is 2. The molecule has 7 heteroatoms. The zero-order valence-corrected chi connectivity index (χ0v) is 16.8. The van der Waals surface area contributed by atoms with Crippen molar-refractivity contribution in [2.45, 2.75) is 19.8 Å². The lowest BCUT2D eigenvalue weighted by Gasteiger charge is -2.03. The van der Waals surface area contributed by atoms with Gasteiger partial charge in [0.25, 0.3) is 5.91 Å². The first-order valence-corrected chi connectivity index (χ1v) is 10.5. The molecule has 2 heterocycles. The molecule has 4 rings (SSSR count). The van der Waals surface area contributed by atoms with Crippen LogP contribution in [0.25, 0.3) is 10.2 Å². The van der Waals surface area contributed by atoms with Crippen molar-refractivity contribution in [1.82, 2.24) is 9.97 Å². The zero-order chi connectivity index (χ0) is 19.5. The molecule has 0 saturated carbocycles. The van der Waals surface area contributed by atoms with Crippen LogP contribution < -0.4 is 5.32 Å². The van der Waals surface area contributed by atoms with Gasteiger partial charge in [0.05, 0.1) is 15.7 Å². The molecule has 4 aromatic rings. The molecule has 28 heavy (non-hydrogen) atoms. The van der Waals surface area contributed by atoms with E-state index in [0.717, 1.165) is 26.9 Å². The number of thiazole rings is 2. The lowest BCUT2D eigenvalue weighted by Crippen LogP contribution is -2.11. The molecular weight excluding hydrogens is 390 g/mol. The topological polar surface area (TPSA) is 72.0 Å². The van der Waals surface area contributed by atoms with E-state index in [0.29, 0.717) is 23.7 Å². The smallest absolute Gasteiger partial charge is 0.276 e. The molecule has 0 fully saturated rings. The van der Waals surface area contributed by atoms with Crippen LogP contribution in [0, 0.1) is 6.92 Å². The second-order valence-corrected chi connectivity index (χ2v) is 8.28. The van der Waals surface area contributed by atoms with E-state index < -0.39 is 0 Å². The van der Waals surface area contributed by atoms with Gasteiger partial charge in [0.2, 0.25) is 0 Å². The van der Waals surface area contributed by atoms with Crippen LogP contribution in [0.15, 0.2) is 53.4 Å². The lowest BCUT2D eigenvalue weighted by molar-refractivity contribution is -0.117. The molecule has 5 nitrogen and oxygen atoms in total. The number of rotatable bonds is 6. The molecule has 0 aliphatic rings. The third-order valence-corrected chi connectivity index (χ3v) is 5.74. The molecule has 0 saturated heterocycles. The van der Waals surface area contributed by atoms with Gasteiger partial charge in [-0.1, -0.05) is 47.2 Å². The van der Waals surface area contributed by atoms with Gasteiger partial charge in [-0.05, 0) is 30.2 Å². The van der Waals surface area contributed by atoms with Gasteiger partial charge in [-0.2, -0.15) is 0 Å². The van der Waals surface area contributed by atoms with E-state index in [9.17, 15) is 9.59 Å². The van der Waals surface area contributed by atoms with E-state index in [1.807, 2.05) is 49.4 Å². The van der Waals surface area contributed by atoms with Crippen LogP contribution in [0.2, 0.25) is 0 Å². The average Bonchev–Trinajstić information content (AvgIpc) is 3.30. The molecule has 1 amide bonds. The first-order valence-electron chi connectivity index (χ1n) is 8.73. The van der Waals surface area contributed by atoms with Crippen LogP contribution in [0.4, 0.5) is 5.13 Å². The molecule has 0 unspecified atom stereocenters. The number of hydrogen-bond donors (Lipinski definition) is 1. The summed E-state index contributed by atoms with van der Waals surface area (Å²) in [7, 11) is 0. The highest BCUT2D eigenvalue weighted by atomic mass is 32.1. The monoisotopic (exact) mass is 407 g/mol. The number of nitrogens with zero attached hydrogens (tertiary/aromatic N) is 2. The predicted octanol–water partition coefficient (Wildman–Crippen LogP) is 4.67. The first kappa shape index (κ1) is 18.5. The highest BCUT2D eigenvalue weighted by Gasteiger charge is 2.12. The van der Waals surface area contributed by atoms with Crippen LogP contribution in [0.1, 0.15) is 27.2 Å². The number of aromatic nitrogens is 2. The fourth-order valence-electron chi connectivity index (χ4n) is 2.96. The van der Waals surface area contributed by atoms with E-state index in [1.54, 1.807) is 10.9 Å². The van der Waals surface area contributed by atoms with Gasteiger partial charge in [-0.3, -0.25) is 14.9 Å². The summed E-state index contributed by atoms with van der Waals surface area (Å²) in [5, 5.41) is 5.00. The molecule has 0 atom stereocenters. The van der Waals surface area contributed by atoms with Crippen molar-refractivity contribution in [3.63, 3.8) is 0 Å². The molecule has 0 aliphatic heterocycles. The summed E-state index contributed by atoms with van der Waals surface area (Å²) in [6.07, 6.45) is 0.805. The fourth-order valence-corrected chi connectivity index (χ4v) is 4.41. The normalized spacial score (nSPS) is 10.9. The minimum Gasteiger partial charge on any atom is -0.299 e. The second-order valence-electron chi connectivity index (χ2n) is 6.53. The van der Waals surface area contributed by atoms with Crippen molar-refractivity contribution in [2.75, 3.05) is 5.32 Å². The molecule has 2 aromatic heterocycles. The quantitative estimate of drug-likeness (QED) is 0.504. The molecule has 0 spiro atoms. The Bertz CT molecular complexity index is 1150. The van der Waals surface area contributed by atoms with Gasteiger partial charge in [0, 0.05) is 18.2 Å². The molecule has 0 radical (unpaired) electrons. The van der Waals surface area contributed by atoms with Gasteiger partial charge in [-0.15, -0.1) is 11.3 Å². The van der Waals surface area contributed by atoms with Crippen molar-refractivity contribution < 1.29 is 9.59 Å². The fraction of sp³-hybridized carbons (Fsp3) is 0.143. The highest BCUT2D eigenvalue weighted by Crippen LogP contribution is 2.27. The Balaban J connectivity index is 1.45. The third-order valence-electron chi connectivity index (χ3n) is 4.22. The van der Waals surface area contributed by atoms with E-state index >= 15 is 0 Å². The van der Waals surface area contributed by atoms with Crippen LogP contribution in [0.5, 0.6) is 0 Å². The van der Waals surface area contributed by atoms with Crippen LogP contribution >= 0.6 is 22.7 Å². The van der Waals surface area contributed by atoms with Gasteiger partial charge in [0.1, 0.15) is 11.5 Å². The van der Waals surface area contributed by atoms with Crippen molar-refractivity contribution in [2.24, 2.45) is 0 Å². The maximum atomic E-state index is 12.4. The summed E-state index contributed by atoms with van der Waals surface area (Å²) in [5.41, 5.74) is 5.94. The Kier molecular flexibility index (Phi) is 5.27. The van der Waals surface area contributed by atoms with Crippen molar-refractivity contribution >= 4 is 49.7 Å². The Morgan fingerprint density at radius 2 is 1.89 bits per heavy atom. The number of carbonyl (C=O) groups is 2. The second kappa shape index (κ2) is 8.00. The Morgan fingerprint density at radius 1 is 1.07 bits per heavy atom. The number of carbonyl (C=O) groups excluding carboxylic acids is 2. The molecule has 1 N–H and O–H groups in total. The van der Waals surface area contributed by atoms with E-state index in [-0.39, 0.29) is 11.7 Å². The standard InChI is InChI=1S/C21H17N3O2S2/c1-13-3-2-4-14(7-13)8-16(25)9-15-5-6-17-19(10-15)28-21(23-17)24-20(26)18-11-27-12-22-18/h2-7,10-12H,8-9H2,1H3,(H,23,24,26). The number of amides is 1. The van der Waals surface area contributed by atoms with Crippen molar-refractivity contribution in [1.29, 1.82) is 0 Å². The maximum Gasteiger partial charge on any atom is 0.276 e. The van der Waals surface area contributed by atoms with E-state index in [4.69, 9.17) is 0 Å². The zero-order valence-electron chi connectivity index (χ0n) is 15.1. The maximum absolute atomic E-state index is 12.4. The highest BCUT2D eigenvalue weighted by molar-refractivity contribution is 7.22. The van der Waals surface area contributed by atoms with Gasteiger partial charge < -0.3 is 0 Å². The van der Waals surface area contributed by atoms with Gasteiger partial charge in [0.15, 0.2) is 5.13 Å². The number of anilines is 1. The summed E-state index contributed by atoms with van der Waals surface area (Å²) >= 11 is 2.76. The number of fused-ring (bicyclic) bond motifs is 1. The third kappa shape index (κ3) is 4.32. The number of aryl methyl sites for hydroxylation is 1. The van der Waals surface area contributed by atoms with E-state index in [1.165, 1.54) is 22.7 Å². The molecule has 0 aliphatic carbocycles. The summed E-state index contributed by atoms with van der Waals surface area (Å²) in [6.45, 7) is 2.02. The van der Waals surface area contributed by atoms with E-state index in [2.05, 4.69) is 15.3 Å². The van der Waals surface area contributed by atoms with Crippen molar-refractivity contribution in [3.05, 3.63) is 75.7 Å². The number of Topliss-reactive ketones (excluding diaryl/α,β-unsaturated/α-hetero) is 1. The van der Waals surface area contributed by atoms with Crippen LogP contribution in [0.3, 0.4) is 0 Å². The number of ketones is 1. The van der Waals surface area contributed by atoms with Crippen LogP contribution in [-0.4, -0.2) is 21.7 Å². The van der Waals surface area contributed by atoms with Gasteiger partial charge >= 0.3 is 0 Å². The minimum atomic E-state index is -0.270. The Hall–Kier alpha value is -2.90. The van der Waals surface area contributed by atoms with Crippen LogP contribution in [-0.2, 0) is 17.6 Å². The largest absolute Gasteiger partial charge is 0.299 e. The average molecular weight is 408 g/mol. The van der Waals surface area contributed by atoms with Crippen molar-refractivity contribution in [3.8, 4) is 0 Å². The lowest BCUT2D eigenvalue weighted by atomic mass is 10.0. The molecule has 2 aromatic carbocycles. The number of hydrogen-bond acceptors (Lipinski definition) is 6. The number of nitrogens with one attached hydrogen (secondary N) is 1. The SMILES string of the molecule is Cc1cccc(CC(=O)Cc2ccc3nc(NC(=O)c4cscn4)sc3c2)c1. The molecule has 0 bridgehead atoms. The first-order chi connectivity index (χ1) is 13.6. The molecule has 140 valence electrons. The summed E-state index contributed by atoms with van der Waals surface area (Å²) < 4.78 is 0.939. The summed E-state index contributed by atoms with van der Waals surface area (Å²) in [4.78, 5) is 33.0. The van der Waals surface area contributed by atoms with Gasteiger partial charge in [-0.25, -0.2) is 9.97 Å². The summed E-state index contributed by atoms with van der Waals surface area (Å²) in [6, 6.07) is 13.8. The predicted molar refractivity (Wildman–Crippen MR) is 113 cm³/mol. The minimum absolute atomic E-state index is 0.173. The summed E-state index contributed by atoms with van der Waals surface area (Å²) in [5.74, 6) is -0.0969. The Morgan fingerprint density at radius 3 is 2.64 bits per heavy atom. The Labute approximate surface area is 170 Å². The molecular formula is C21H17N3O2S2.